The van der Waals surface area contributed by atoms with Crippen LogP contribution in [-0.4, -0.2) is 41.6 Å². The number of nitrogens with one attached hydrogen (secondary N) is 1. The van der Waals surface area contributed by atoms with E-state index in [9.17, 15) is 14.7 Å². The fraction of sp³-hybridized carbons (Fsp3) is 0.875. The molecule has 1 saturated carbocycles. The van der Waals surface area contributed by atoms with Gasteiger partial charge in [-0.1, -0.05) is 26.7 Å². The minimum atomic E-state index is -0.791. The number of rotatable bonds is 5. The highest BCUT2D eigenvalue weighted by molar-refractivity contribution is 5.76. The van der Waals surface area contributed by atoms with Crippen LogP contribution in [0.1, 0.15) is 52.4 Å². The van der Waals surface area contributed by atoms with Gasteiger partial charge in [-0.25, -0.2) is 4.79 Å². The monoisotopic (exact) mass is 296 g/mol. The summed E-state index contributed by atoms with van der Waals surface area (Å²) < 4.78 is 0. The maximum absolute atomic E-state index is 12.3. The minimum absolute atomic E-state index is 0.0878. The van der Waals surface area contributed by atoms with Crippen molar-refractivity contribution in [1.82, 2.24) is 10.2 Å². The summed E-state index contributed by atoms with van der Waals surface area (Å²) in [4.78, 5) is 25.2. The average Bonchev–Trinajstić information content (AvgIpc) is 2.40. The normalized spacial score (nSPS) is 27.8. The Labute approximate surface area is 127 Å². The maximum atomic E-state index is 12.3. The van der Waals surface area contributed by atoms with Crippen molar-refractivity contribution in [2.75, 3.05) is 19.6 Å². The van der Waals surface area contributed by atoms with Crippen LogP contribution < -0.4 is 5.32 Å². The summed E-state index contributed by atoms with van der Waals surface area (Å²) in [6.07, 6.45) is 6.65. The summed E-state index contributed by atoms with van der Waals surface area (Å²) in [5, 5.41) is 12.2. The predicted octanol–water partition coefficient (Wildman–Crippen LogP) is 2.71. The largest absolute Gasteiger partial charge is 0.481 e. The molecule has 2 unspecified atom stereocenters. The summed E-state index contributed by atoms with van der Waals surface area (Å²) in [5.41, 5.74) is 0.304. The molecule has 2 aliphatic rings. The SMILES string of the molecule is CCCC1(CNC(=O)N2CC(C)CC(C(=O)O)C2)CCC1. The summed E-state index contributed by atoms with van der Waals surface area (Å²) in [5.74, 6) is -0.965. The Bertz CT molecular complexity index is 393. The summed E-state index contributed by atoms with van der Waals surface area (Å²) >= 11 is 0. The standard InChI is InChI=1S/C16H28N2O3/c1-3-5-16(6-4-7-16)11-17-15(21)18-9-12(2)8-13(10-18)14(19)20/h12-13H,3-11H2,1-2H3,(H,17,21)(H,19,20). The number of nitrogens with zero attached hydrogens (tertiary/aromatic N) is 1. The third-order valence-electron chi connectivity index (χ3n) is 5.11. The first kappa shape index (κ1) is 16.1. The molecule has 120 valence electrons. The molecule has 5 heteroatoms. The number of carbonyl (C=O) groups excluding carboxylic acids is 1. The van der Waals surface area contributed by atoms with E-state index in [1.54, 1.807) is 4.90 Å². The second-order valence-corrected chi connectivity index (χ2v) is 7.04. The Morgan fingerprint density at radius 1 is 1.33 bits per heavy atom. The number of likely N-dealkylation sites (tertiary alicyclic amines) is 1. The smallest absolute Gasteiger partial charge is 0.317 e. The molecule has 2 N–H and O–H groups in total. The van der Waals surface area contributed by atoms with Crippen molar-refractivity contribution in [3.8, 4) is 0 Å². The van der Waals surface area contributed by atoms with Crippen LogP contribution in [0.5, 0.6) is 0 Å². The van der Waals surface area contributed by atoms with Crippen LogP contribution in [0.25, 0.3) is 0 Å². The molecule has 0 aromatic carbocycles. The van der Waals surface area contributed by atoms with Crippen molar-refractivity contribution in [2.45, 2.75) is 52.4 Å². The molecule has 0 aromatic rings. The topological polar surface area (TPSA) is 69.6 Å². The van der Waals surface area contributed by atoms with Gasteiger partial charge in [0.15, 0.2) is 0 Å². The van der Waals surface area contributed by atoms with Gasteiger partial charge in [0, 0.05) is 19.6 Å². The highest BCUT2D eigenvalue weighted by Gasteiger charge is 2.37. The first-order valence-corrected chi connectivity index (χ1v) is 8.21. The van der Waals surface area contributed by atoms with Crippen LogP contribution in [0.3, 0.4) is 0 Å². The number of carboxylic acids is 1. The Hall–Kier alpha value is -1.26. The van der Waals surface area contributed by atoms with Gasteiger partial charge in [0.1, 0.15) is 0 Å². The van der Waals surface area contributed by atoms with Gasteiger partial charge in [-0.05, 0) is 37.0 Å². The zero-order chi connectivity index (χ0) is 15.5. The third kappa shape index (κ3) is 3.89. The summed E-state index contributed by atoms with van der Waals surface area (Å²) in [6.45, 7) is 5.94. The van der Waals surface area contributed by atoms with Crippen LogP contribution in [0.4, 0.5) is 4.79 Å². The van der Waals surface area contributed by atoms with E-state index in [1.165, 1.54) is 25.7 Å². The number of amides is 2. The third-order valence-corrected chi connectivity index (χ3v) is 5.11. The van der Waals surface area contributed by atoms with E-state index in [0.717, 1.165) is 13.0 Å². The first-order valence-electron chi connectivity index (χ1n) is 8.21. The molecule has 5 nitrogen and oxygen atoms in total. The van der Waals surface area contributed by atoms with Gasteiger partial charge in [-0.2, -0.15) is 0 Å². The van der Waals surface area contributed by atoms with E-state index in [0.29, 0.717) is 24.9 Å². The van der Waals surface area contributed by atoms with Crippen molar-refractivity contribution < 1.29 is 14.7 Å². The Balaban J connectivity index is 1.86. The molecule has 2 atom stereocenters. The molecule has 1 saturated heterocycles. The molecule has 2 fully saturated rings. The Kier molecular flexibility index (Phi) is 5.12. The molecular weight excluding hydrogens is 268 g/mol. The van der Waals surface area contributed by atoms with Gasteiger partial charge in [-0.3, -0.25) is 4.79 Å². The molecule has 2 rings (SSSR count). The summed E-state index contributed by atoms with van der Waals surface area (Å²) in [6, 6.07) is -0.0878. The van der Waals surface area contributed by atoms with Crippen molar-refractivity contribution in [2.24, 2.45) is 17.3 Å². The molecule has 21 heavy (non-hydrogen) atoms. The number of aliphatic carboxylic acids is 1. The number of carbonyl (C=O) groups is 2. The fourth-order valence-corrected chi connectivity index (χ4v) is 3.79. The lowest BCUT2D eigenvalue weighted by Crippen LogP contribution is -2.52. The molecule has 1 heterocycles. The number of hydrogen-bond donors (Lipinski definition) is 2. The molecule has 1 aliphatic carbocycles. The van der Waals surface area contributed by atoms with E-state index in [4.69, 9.17) is 0 Å². The second kappa shape index (κ2) is 6.67. The number of carboxylic acid groups (broad SMARTS) is 1. The van der Waals surface area contributed by atoms with E-state index in [2.05, 4.69) is 12.2 Å². The van der Waals surface area contributed by atoms with Crippen LogP contribution >= 0.6 is 0 Å². The van der Waals surface area contributed by atoms with Crippen LogP contribution in [-0.2, 0) is 4.79 Å². The number of piperidine rings is 1. The van der Waals surface area contributed by atoms with E-state index in [-0.39, 0.29) is 11.9 Å². The van der Waals surface area contributed by atoms with Gasteiger partial charge in [0.2, 0.25) is 0 Å². The molecule has 2 amide bonds. The molecule has 0 aromatic heterocycles. The van der Waals surface area contributed by atoms with Gasteiger partial charge in [0.05, 0.1) is 5.92 Å². The van der Waals surface area contributed by atoms with Gasteiger partial charge in [-0.15, -0.1) is 0 Å². The maximum Gasteiger partial charge on any atom is 0.317 e. The fourth-order valence-electron chi connectivity index (χ4n) is 3.79. The van der Waals surface area contributed by atoms with E-state index < -0.39 is 11.9 Å². The van der Waals surface area contributed by atoms with E-state index in [1.807, 2.05) is 6.92 Å². The predicted molar refractivity (Wildman–Crippen MR) is 81.1 cm³/mol. The zero-order valence-corrected chi connectivity index (χ0v) is 13.2. The quantitative estimate of drug-likeness (QED) is 0.819. The molecule has 0 radical (unpaired) electrons. The van der Waals surface area contributed by atoms with Gasteiger partial charge < -0.3 is 15.3 Å². The lowest BCUT2D eigenvalue weighted by molar-refractivity contribution is -0.143. The van der Waals surface area contributed by atoms with Crippen LogP contribution in [0, 0.1) is 17.3 Å². The average molecular weight is 296 g/mol. The first-order chi connectivity index (χ1) is 9.96. The minimum Gasteiger partial charge on any atom is -0.481 e. The molecular formula is C16H28N2O3. The number of urea groups is 1. The van der Waals surface area contributed by atoms with Crippen LogP contribution in [0.2, 0.25) is 0 Å². The Morgan fingerprint density at radius 3 is 2.57 bits per heavy atom. The highest BCUT2D eigenvalue weighted by Crippen LogP contribution is 2.44. The second-order valence-electron chi connectivity index (χ2n) is 7.04. The van der Waals surface area contributed by atoms with Gasteiger partial charge >= 0.3 is 12.0 Å². The van der Waals surface area contributed by atoms with Crippen molar-refractivity contribution in [3.63, 3.8) is 0 Å². The molecule has 1 aliphatic heterocycles. The Morgan fingerprint density at radius 2 is 2.05 bits per heavy atom. The van der Waals surface area contributed by atoms with Crippen LogP contribution in [0.15, 0.2) is 0 Å². The lowest BCUT2D eigenvalue weighted by atomic mass is 9.66. The lowest BCUT2D eigenvalue weighted by Gasteiger charge is -2.43. The van der Waals surface area contributed by atoms with E-state index >= 15 is 0 Å². The number of hydrogen-bond acceptors (Lipinski definition) is 2. The van der Waals surface area contributed by atoms with Gasteiger partial charge in [0.25, 0.3) is 0 Å². The van der Waals surface area contributed by atoms with Crippen molar-refractivity contribution in [1.29, 1.82) is 0 Å². The molecule has 0 bridgehead atoms. The van der Waals surface area contributed by atoms with Crippen molar-refractivity contribution in [3.05, 3.63) is 0 Å². The summed E-state index contributed by atoms with van der Waals surface area (Å²) in [7, 11) is 0. The highest BCUT2D eigenvalue weighted by atomic mass is 16.4. The van der Waals surface area contributed by atoms with Crippen molar-refractivity contribution >= 4 is 12.0 Å². The zero-order valence-electron chi connectivity index (χ0n) is 13.2. The molecule has 0 spiro atoms.